The molecule has 0 spiro atoms. The first-order valence-corrected chi connectivity index (χ1v) is 7.61. The Balaban J connectivity index is 1.69. The fourth-order valence-corrected chi connectivity index (χ4v) is 4.20. The summed E-state index contributed by atoms with van der Waals surface area (Å²) in [6.45, 7) is 11.8. The smallest absolute Gasteiger partial charge is 0.0788 e. The molecule has 0 radical (unpaired) electrons. The lowest BCUT2D eigenvalue weighted by molar-refractivity contribution is -0.0850. The van der Waals surface area contributed by atoms with Gasteiger partial charge in [0.1, 0.15) is 0 Å². The van der Waals surface area contributed by atoms with Crippen molar-refractivity contribution in [2.75, 3.05) is 19.6 Å². The lowest BCUT2D eigenvalue weighted by Crippen LogP contribution is -2.51. The molecule has 3 aliphatic heterocycles. The number of rotatable bonds is 2. The van der Waals surface area contributed by atoms with Gasteiger partial charge in [-0.3, -0.25) is 4.90 Å². The largest absolute Gasteiger partial charge is 0.372 e. The third-order valence-electron chi connectivity index (χ3n) is 5.23. The number of nitrogens with two attached hydrogens (primary N) is 1. The van der Waals surface area contributed by atoms with Crippen LogP contribution in [0.2, 0.25) is 0 Å². The quantitative estimate of drug-likeness (QED) is 0.822. The van der Waals surface area contributed by atoms with E-state index in [-0.39, 0.29) is 17.2 Å². The highest BCUT2D eigenvalue weighted by molar-refractivity contribution is 5.05. The number of nitrogens with zero attached hydrogens (tertiary/aromatic N) is 1. The fraction of sp³-hybridized carbons (Fsp3) is 1.00. The van der Waals surface area contributed by atoms with Crippen LogP contribution in [0.25, 0.3) is 0 Å². The van der Waals surface area contributed by atoms with Gasteiger partial charge in [-0.1, -0.05) is 0 Å². The van der Waals surface area contributed by atoms with Gasteiger partial charge < -0.3 is 15.2 Å². The molecule has 0 aromatic carbocycles. The molecule has 3 heterocycles. The topological polar surface area (TPSA) is 47.7 Å². The fourth-order valence-electron chi connectivity index (χ4n) is 4.20. The molecule has 3 rings (SSSR count). The van der Waals surface area contributed by atoms with E-state index in [0.717, 1.165) is 19.6 Å². The Kier molecular flexibility index (Phi) is 3.21. The van der Waals surface area contributed by atoms with Gasteiger partial charge in [-0.05, 0) is 40.5 Å². The number of likely N-dealkylation sites (tertiary alicyclic amines) is 1. The maximum absolute atomic E-state index is 6.45. The summed E-state index contributed by atoms with van der Waals surface area (Å²) < 4.78 is 12.1. The van der Waals surface area contributed by atoms with Gasteiger partial charge in [0.2, 0.25) is 0 Å². The van der Waals surface area contributed by atoms with E-state index in [1.165, 1.54) is 12.8 Å². The molecule has 4 nitrogen and oxygen atoms in total. The average molecular weight is 268 g/mol. The second-order valence-corrected chi connectivity index (χ2v) is 7.62. The first-order chi connectivity index (χ1) is 8.78. The number of fused-ring (bicyclic) bond motifs is 2. The molecule has 0 aromatic rings. The molecule has 110 valence electrons. The van der Waals surface area contributed by atoms with Gasteiger partial charge in [-0.25, -0.2) is 0 Å². The molecule has 0 amide bonds. The summed E-state index contributed by atoms with van der Waals surface area (Å²) in [7, 11) is 0. The summed E-state index contributed by atoms with van der Waals surface area (Å²) in [6.07, 6.45) is 3.36. The first-order valence-electron chi connectivity index (χ1n) is 7.61. The van der Waals surface area contributed by atoms with Crippen LogP contribution in [0.4, 0.5) is 0 Å². The zero-order chi connectivity index (χ0) is 13.8. The molecule has 4 unspecified atom stereocenters. The van der Waals surface area contributed by atoms with Crippen molar-refractivity contribution in [3.63, 3.8) is 0 Å². The summed E-state index contributed by atoms with van der Waals surface area (Å²) in [5.41, 5.74) is 6.09. The van der Waals surface area contributed by atoms with Crippen molar-refractivity contribution in [2.45, 2.75) is 70.0 Å². The van der Waals surface area contributed by atoms with Crippen molar-refractivity contribution in [2.24, 2.45) is 11.7 Å². The minimum absolute atomic E-state index is 0.1000. The van der Waals surface area contributed by atoms with Crippen LogP contribution in [0.3, 0.4) is 0 Å². The molecule has 0 saturated carbocycles. The van der Waals surface area contributed by atoms with Crippen LogP contribution in [-0.2, 0) is 9.47 Å². The van der Waals surface area contributed by atoms with Gasteiger partial charge in [0, 0.05) is 31.6 Å². The zero-order valence-corrected chi connectivity index (χ0v) is 12.7. The molecule has 4 atom stereocenters. The van der Waals surface area contributed by atoms with E-state index in [0.29, 0.717) is 18.1 Å². The van der Waals surface area contributed by atoms with Crippen LogP contribution in [-0.4, -0.2) is 54.0 Å². The summed E-state index contributed by atoms with van der Waals surface area (Å²) in [6, 6.07) is 0.1000. The number of hydrogen-bond acceptors (Lipinski definition) is 4. The van der Waals surface area contributed by atoms with E-state index >= 15 is 0 Å². The van der Waals surface area contributed by atoms with Gasteiger partial charge in [-0.2, -0.15) is 0 Å². The van der Waals surface area contributed by atoms with E-state index in [1.807, 2.05) is 0 Å². The Morgan fingerprint density at radius 2 is 1.63 bits per heavy atom. The number of hydrogen-bond donors (Lipinski definition) is 1. The minimum Gasteiger partial charge on any atom is -0.372 e. The van der Waals surface area contributed by atoms with Crippen molar-refractivity contribution in [1.82, 2.24) is 4.90 Å². The molecule has 3 aliphatic rings. The number of ether oxygens (including phenoxy) is 2. The summed E-state index contributed by atoms with van der Waals surface area (Å²) in [5, 5.41) is 0. The predicted octanol–water partition coefficient (Wildman–Crippen LogP) is 1.38. The maximum atomic E-state index is 6.45. The predicted molar refractivity (Wildman–Crippen MR) is 75.0 cm³/mol. The van der Waals surface area contributed by atoms with E-state index in [1.54, 1.807) is 0 Å². The van der Waals surface area contributed by atoms with Crippen molar-refractivity contribution >= 4 is 0 Å². The molecular formula is C15H28N2O2. The lowest BCUT2D eigenvalue weighted by Gasteiger charge is -2.37. The molecular weight excluding hydrogens is 240 g/mol. The highest BCUT2D eigenvalue weighted by Gasteiger charge is 2.52. The van der Waals surface area contributed by atoms with Crippen molar-refractivity contribution in [1.29, 1.82) is 0 Å². The second kappa shape index (κ2) is 4.42. The minimum atomic E-state index is -0.223. The third-order valence-corrected chi connectivity index (χ3v) is 5.23. The maximum Gasteiger partial charge on any atom is 0.0788 e. The first kappa shape index (κ1) is 13.8. The summed E-state index contributed by atoms with van der Waals surface area (Å²) >= 11 is 0. The average Bonchev–Trinajstić information content (AvgIpc) is 2.69. The summed E-state index contributed by atoms with van der Waals surface area (Å²) in [4.78, 5) is 2.54. The van der Waals surface area contributed by atoms with Crippen LogP contribution in [0.1, 0.15) is 40.5 Å². The molecule has 0 aromatic heterocycles. The highest BCUT2D eigenvalue weighted by Crippen LogP contribution is 2.42. The van der Waals surface area contributed by atoms with Gasteiger partial charge >= 0.3 is 0 Å². The zero-order valence-electron chi connectivity index (χ0n) is 12.7. The molecule has 19 heavy (non-hydrogen) atoms. The molecule has 4 heteroatoms. The molecule has 0 aliphatic carbocycles. The Morgan fingerprint density at radius 1 is 1.05 bits per heavy atom. The third kappa shape index (κ3) is 2.44. The Bertz CT molecular complexity index is 344. The van der Waals surface area contributed by atoms with E-state index in [9.17, 15) is 0 Å². The normalized spacial score (nSPS) is 44.7. The molecule has 2 N–H and O–H groups in total. The monoisotopic (exact) mass is 268 g/mol. The van der Waals surface area contributed by atoms with Crippen molar-refractivity contribution in [3.8, 4) is 0 Å². The lowest BCUT2D eigenvalue weighted by atomic mass is 9.82. The Labute approximate surface area is 116 Å². The van der Waals surface area contributed by atoms with Gasteiger partial charge in [0.25, 0.3) is 0 Å². The molecule has 2 bridgehead atoms. The van der Waals surface area contributed by atoms with E-state index in [2.05, 4.69) is 32.6 Å². The van der Waals surface area contributed by atoms with Gasteiger partial charge in [0.05, 0.1) is 23.4 Å². The standard InChI is InChI=1S/C15H28N2O2/c1-14(2)12(13(16)15(3,4)19-14)9-17-7-10-5-6-11(8-17)18-10/h10-13H,5-9,16H2,1-4H3. The SMILES string of the molecule is CC1(C)OC(C)(C)C(CN2CC3CCC(C2)O3)C1N. The molecule has 3 saturated heterocycles. The van der Waals surface area contributed by atoms with E-state index < -0.39 is 0 Å². The van der Waals surface area contributed by atoms with Crippen LogP contribution >= 0.6 is 0 Å². The number of morpholine rings is 1. The van der Waals surface area contributed by atoms with Crippen molar-refractivity contribution in [3.05, 3.63) is 0 Å². The van der Waals surface area contributed by atoms with Crippen molar-refractivity contribution < 1.29 is 9.47 Å². The van der Waals surface area contributed by atoms with Crippen LogP contribution in [0.15, 0.2) is 0 Å². The van der Waals surface area contributed by atoms with Crippen LogP contribution < -0.4 is 5.73 Å². The molecule has 3 fully saturated rings. The highest BCUT2D eigenvalue weighted by atomic mass is 16.5. The van der Waals surface area contributed by atoms with Gasteiger partial charge in [0.15, 0.2) is 0 Å². The van der Waals surface area contributed by atoms with Gasteiger partial charge in [-0.15, -0.1) is 0 Å². The Hall–Kier alpha value is -0.160. The van der Waals surface area contributed by atoms with Crippen LogP contribution in [0.5, 0.6) is 0 Å². The van der Waals surface area contributed by atoms with Crippen LogP contribution in [0, 0.1) is 5.92 Å². The second-order valence-electron chi connectivity index (χ2n) is 7.62. The Morgan fingerprint density at radius 3 is 2.11 bits per heavy atom. The summed E-state index contributed by atoms with van der Waals surface area (Å²) in [5.74, 6) is 0.389. The van der Waals surface area contributed by atoms with E-state index in [4.69, 9.17) is 15.2 Å².